The summed E-state index contributed by atoms with van der Waals surface area (Å²) in [7, 11) is 0. The first-order valence-corrected chi connectivity index (χ1v) is 5.17. The monoisotopic (exact) mass is 217 g/mol. The first-order chi connectivity index (χ1) is 6.75. The highest BCUT2D eigenvalue weighted by molar-refractivity contribution is 5.80. The number of ether oxygens (including phenoxy) is 1. The molecule has 5 heteroatoms. The molecule has 0 aromatic rings. The van der Waals surface area contributed by atoms with E-state index in [1.165, 1.54) is 0 Å². The molecule has 0 aromatic carbocycles. The molecule has 0 unspecified atom stereocenters. The molecule has 0 aromatic heterocycles. The number of nitrogens with two attached hydrogens (primary N) is 3. The van der Waals surface area contributed by atoms with Crippen molar-refractivity contribution in [2.75, 3.05) is 13.1 Å². The van der Waals surface area contributed by atoms with E-state index in [9.17, 15) is 4.79 Å². The van der Waals surface area contributed by atoms with Crippen LogP contribution in [0.15, 0.2) is 0 Å². The molecule has 0 fully saturated rings. The summed E-state index contributed by atoms with van der Waals surface area (Å²) in [5.41, 5.74) is 15.2. The summed E-state index contributed by atoms with van der Waals surface area (Å²) >= 11 is 0. The predicted octanol–water partition coefficient (Wildman–Crippen LogP) is -0.277. The van der Waals surface area contributed by atoms with Gasteiger partial charge < -0.3 is 21.9 Å². The van der Waals surface area contributed by atoms with Gasteiger partial charge in [0.1, 0.15) is 11.1 Å². The zero-order chi connectivity index (χ0) is 12.1. The van der Waals surface area contributed by atoms with Crippen LogP contribution in [0.25, 0.3) is 0 Å². The smallest absolute Gasteiger partial charge is 0.326 e. The molecule has 0 aliphatic rings. The molecule has 0 atom stereocenters. The highest BCUT2D eigenvalue weighted by atomic mass is 16.6. The van der Waals surface area contributed by atoms with Gasteiger partial charge in [-0.25, -0.2) is 0 Å². The molecule has 0 spiro atoms. The van der Waals surface area contributed by atoms with Crippen molar-refractivity contribution in [1.82, 2.24) is 0 Å². The largest absolute Gasteiger partial charge is 0.459 e. The summed E-state index contributed by atoms with van der Waals surface area (Å²) < 4.78 is 5.23. The van der Waals surface area contributed by atoms with Gasteiger partial charge in [-0.15, -0.1) is 0 Å². The van der Waals surface area contributed by atoms with Crippen molar-refractivity contribution in [2.45, 2.75) is 44.8 Å². The maximum Gasteiger partial charge on any atom is 0.326 e. The summed E-state index contributed by atoms with van der Waals surface area (Å²) in [6.45, 7) is 6.09. The van der Waals surface area contributed by atoms with Crippen molar-refractivity contribution < 1.29 is 9.53 Å². The second-order valence-corrected chi connectivity index (χ2v) is 4.74. The first-order valence-electron chi connectivity index (χ1n) is 5.17. The maximum atomic E-state index is 11.8. The van der Waals surface area contributed by atoms with Crippen molar-refractivity contribution in [3.8, 4) is 0 Å². The van der Waals surface area contributed by atoms with E-state index in [1.807, 2.05) is 0 Å². The van der Waals surface area contributed by atoms with Gasteiger partial charge in [-0.2, -0.15) is 0 Å². The Morgan fingerprint density at radius 2 is 1.53 bits per heavy atom. The Hall–Kier alpha value is -0.650. The van der Waals surface area contributed by atoms with E-state index >= 15 is 0 Å². The Bertz CT molecular complexity index is 205. The summed E-state index contributed by atoms with van der Waals surface area (Å²) in [5, 5.41) is 0. The van der Waals surface area contributed by atoms with Gasteiger partial charge in [0, 0.05) is 0 Å². The van der Waals surface area contributed by atoms with Crippen LogP contribution in [0.2, 0.25) is 0 Å². The van der Waals surface area contributed by atoms with E-state index in [4.69, 9.17) is 21.9 Å². The summed E-state index contributed by atoms with van der Waals surface area (Å²) in [4.78, 5) is 11.8. The molecule has 6 N–H and O–H groups in total. The fraction of sp³-hybridized carbons (Fsp3) is 0.900. The lowest BCUT2D eigenvalue weighted by Gasteiger charge is -2.30. The van der Waals surface area contributed by atoms with Crippen molar-refractivity contribution in [2.24, 2.45) is 17.2 Å². The van der Waals surface area contributed by atoms with Crippen LogP contribution in [0.4, 0.5) is 0 Å². The number of esters is 1. The minimum atomic E-state index is -1.04. The van der Waals surface area contributed by atoms with Crippen molar-refractivity contribution in [1.29, 1.82) is 0 Å². The second-order valence-electron chi connectivity index (χ2n) is 4.74. The van der Waals surface area contributed by atoms with E-state index in [0.717, 1.165) is 0 Å². The molecular weight excluding hydrogens is 194 g/mol. The molecule has 90 valence electrons. The van der Waals surface area contributed by atoms with Crippen LogP contribution in [-0.2, 0) is 9.53 Å². The lowest BCUT2D eigenvalue weighted by Crippen LogP contribution is -2.53. The van der Waals surface area contributed by atoms with Crippen molar-refractivity contribution in [3.05, 3.63) is 0 Å². The maximum absolute atomic E-state index is 11.8. The third-order valence-electron chi connectivity index (χ3n) is 1.99. The Morgan fingerprint density at radius 1 is 1.13 bits per heavy atom. The Morgan fingerprint density at radius 3 is 1.80 bits per heavy atom. The number of rotatable bonds is 5. The molecule has 0 rings (SSSR count). The molecule has 0 aliphatic carbocycles. The molecule has 0 saturated carbocycles. The average molecular weight is 217 g/mol. The van der Waals surface area contributed by atoms with Gasteiger partial charge in [-0.05, 0) is 46.7 Å². The van der Waals surface area contributed by atoms with Crippen LogP contribution in [0.5, 0.6) is 0 Å². The summed E-state index contributed by atoms with van der Waals surface area (Å²) in [6, 6.07) is 0. The van der Waals surface area contributed by atoms with Gasteiger partial charge in [0.15, 0.2) is 0 Å². The van der Waals surface area contributed by atoms with Gasteiger partial charge >= 0.3 is 5.97 Å². The average Bonchev–Trinajstić information content (AvgIpc) is 2.01. The number of carbonyl (C=O) groups is 1. The minimum absolute atomic E-state index is 0.343. The first kappa shape index (κ1) is 14.3. The van der Waals surface area contributed by atoms with Crippen LogP contribution >= 0.6 is 0 Å². The molecular formula is C10H23N3O2. The van der Waals surface area contributed by atoms with Crippen molar-refractivity contribution in [3.63, 3.8) is 0 Å². The van der Waals surface area contributed by atoms with Gasteiger partial charge in [0.2, 0.25) is 0 Å². The molecule has 0 radical (unpaired) electrons. The van der Waals surface area contributed by atoms with E-state index in [2.05, 4.69) is 0 Å². The fourth-order valence-electron chi connectivity index (χ4n) is 1.22. The number of hydrogen-bond acceptors (Lipinski definition) is 5. The molecule has 15 heavy (non-hydrogen) atoms. The lowest BCUT2D eigenvalue weighted by atomic mass is 9.92. The molecule has 5 nitrogen and oxygen atoms in total. The minimum Gasteiger partial charge on any atom is -0.459 e. The third-order valence-corrected chi connectivity index (χ3v) is 1.99. The third kappa shape index (κ3) is 5.11. The van der Waals surface area contributed by atoms with E-state index in [1.54, 1.807) is 20.8 Å². The zero-order valence-electron chi connectivity index (χ0n) is 9.88. The normalized spacial score (nSPS) is 12.7. The summed E-state index contributed by atoms with van der Waals surface area (Å²) in [5.74, 6) is -0.425. The second kappa shape index (κ2) is 5.44. The molecule has 0 saturated heterocycles. The summed E-state index contributed by atoms with van der Waals surface area (Å²) in [6.07, 6.45) is 0.776. The van der Waals surface area contributed by atoms with Crippen LogP contribution in [0, 0.1) is 0 Å². The highest BCUT2D eigenvalue weighted by Crippen LogP contribution is 2.17. The Balaban J connectivity index is 4.55. The molecule has 0 heterocycles. The lowest BCUT2D eigenvalue weighted by molar-refractivity contribution is -0.162. The standard InChI is InChI=1S/C10H23N3O2/c1-9(2,3)15-8(14)10(13,4-6-11)5-7-12/h4-7,11-13H2,1-3H3. The molecule has 0 amide bonds. The van der Waals surface area contributed by atoms with Crippen LogP contribution in [0.3, 0.4) is 0 Å². The number of hydrogen-bond donors (Lipinski definition) is 3. The Kier molecular flexibility index (Phi) is 5.20. The van der Waals surface area contributed by atoms with E-state index in [-0.39, 0.29) is 0 Å². The number of carbonyl (C=O) groups excluding carboxylic acids is 1. The highest BCUT2D eigenvalue weighted by Gasteiger charge is 2.36. The molecule has 0 bridgehead atoms. The van der Waals surface area contributed by atoms with E-state index in [0.29, 0.717) is 25.9 Å². The van der Waals surface area contributed by atoms with Crippen molar-refractivity contribution >= 4 is 5.97 Å². The van der Waals surface area contributed by atoms with Crippen LogP contribution < -0.4 is 17.2 Å². The molecule has 0 aliphatic heterocycles. The SMILES string of the molecule is CC(C)(C)OC(=O)C(N)(CCN)CCN. The van der Waals surface area contributed by atoms with E-state index < -0.39 is 17.1 Å². The van der Waals surface area contributed by atoms with Gasteiger partial charge in [-0.1, -0.05) is 0 Å². The quantitative estimate of drug-likeness (QED) is 0.549. The Labute approximate surface area is 91.3 Å². The zero-order valence-corrected chi connectivity index (χ0v) is 9.88. The van der Waals surface area contributed by atoms with Gasteiger partial charge in [-0.3, -0.25) is 4.79 Å². The van der Waals surface area contributed by atoms with Gasteiger partial charge in [0.25, 0.3) is 0 Å². The topological polar surface area (TPSA) is 104 Å². The predicted molar refractivity (Wildman–Crippen MR) is 60.1 cm³/mol. The van der Waals surface area contributed by atoms with Crippen LogP contribution in [-0.4, -0.2) is 30.2 Å². The van der Waals surface area contributed by atoms with Crippen LogP contribution in [0.1, 0.15) is 33.6 Å². The van der Waals surface area contributed by atoms with Gasteiger partial charge in [0.05, 0.1) is 0 Å². The fourth-order valence-corrected chi connectivity index (χ4v) is 1.22.